The Bertz CT molecular complexity index is 2180. The fourth-order valence-electron chi connectivity index (χ4n) is 5.33. The number of aryl methyl sites for hydroxylation is 1. The van der Waals surface area contributed by atoms with Crippen molar-refractivity contribution in [1.82, 2.24) is 10.3 Å². The van der Waals surface area contributed by atoms with E-state index in [0.717, 1.165) is 32.8 Å². The molecule has 260 valence electrons. The number of nitrogens with one attached hydrogen (secondary N) is 3. The van der Waals surface area contributed by atoms with Gasteiger partial charge < -0.3 is 16.0 Å². The minimum absolute atomic E-state index is 0.0965. The van der Waals surface area contributed by atoms with Crippen LogP contribution in [0, 0.1) is 6.92 Å². The predicted molar refractivity (Wildman–Crippen MR) is 213 cm³/mol. The van der Waals surface area contributed by atoms with Gasteiger partial charge in [-0.3, -0.25) is 14.4 Å². The summed E-state index contributed by atoms with van der Waals surface area (Å²) in [6, 6.07) is 41.6. The highest BCUT2D eigenvalue weighted by atomic mass is 32.2. The summed E-state index contributed by atoms with van der Waals surface area (Å²) in [5.41, 5.74) is 6.76. The lowest BCUT2D eigenvalue weighted by Crippen LogP contribution is -2.30. The molecule has 0 radical (unpaired) electrons. The Labute approximate surface area is 312 Å². The number of hydrogen-bond acceptors (Lipinski definition) is 6. The van der Waals surface area contributed by atoms with E-state index in [9.17, 15) is 14.4 Å². The topological polar surface area (TPSA) is 100 Å². The molecule has 0 saturated heterocycles. The van der Waals surface area contributed by atoms with Crippen LogP contribution in [0.2, 0.25) is 0 Å². The molecular weight excluding hydrogens is 685 g/mol. The van der Waals surface area contributed by atoms with Gasteiger partial charge in [-0.05, 0) is 65.9 Å². The van der Waals surface area contributed by atoms with E-state index in [-0.39, 0.29) is 11.6 Å². The van der Waals surface area contributed by atoms with Crippen LogP contribution >= 0.6 is 23.1 Å². The van der Waals surface area contributed by atoms with Crippen LogP contribution < -0.4 is 16.0 Å². The fourth-order valence-corrected chi connectivity index (χ4v) is 7.13. The van der Waals surface area contributed by atoms with Crippen LogP contribution in [-0.2, 0) is 9.59 Å². The third-order valence-electron chi connectivity index (χ3n) is 8.21. The van der Waals surface area contributed by atoms with E-state index in [0.29, 0.717) is 22.3 Å². The lowest BCUT2D eigenvalue weighted by atomic mass is 10.0. The lowest BCUT2D eigenvalue weighted by molar-refractivity contribution is -0.116. The monoisotopic (exact) mass is 722 g/mol. The van der Waals surface area contributed by atoms with Crippen LogP contribution in [0.3, 0.4) is 0 Å². The van der Waals surface area contributed by atoms with Crippen LogP contribution in [0.5, 0.6) is 0 Å². The second kappa shape index (κ2) is 17.0. The minimum Gasteiger partial charge on any atom is -0.321 e. The number of hydrogen-bond donors (Lipinski definition) is 3. The Morgan fingerprint density at radius 3 is 2.13 bits per heavy atom. The standard InChI is InChI=1S/C43H38N4O3S2/c1-28(2)31-23-19-30(20-24-31)25-37(45-40(48)34-13-8-5-9-14-34)41(49)44-35-15-10-16-36(26-35)52-39(33-11-6-4-7-12-33)42(50)47-43-46-38(27-51-43)32-21-17-29(3)18-22-32/h4-28,39H,1-3H3,(H,44,49)(H,45,48)(H,46,47,50)/b37-25+. The molecule has 0 aliphatic heterocycles. The molecule has 3 amide bonds. The maximum absolute atomic E-state index is 13.8. The number of anilines is 2. The van der Waals surface area contributed by atoms with E-state index in [1.807, 2.05) is 115 Å². The molecule has 6 aromatic rings. The molecule has 0 aliphatic carbocycles. The average Bonchev–Trinajstić information content (AvgIpc) is 3.63. The molecule has 6 rings (SSSR count). The summed E-state index contributed by atoms with van der Waals surface area (Å²) in [7, 11) is 0. The molecule has 7 nitrogen and oxygen atoms in total. The van der Waals surface area contributed by atoms with E-state index in [1.54, 1.807) is 36.4 Å². The highest BCUT2D eigenvalue weighted by molar-refractivity contribution is 8.00. The zero-order chi connectivity index (χ0) is 36.5. The second-order valence-electron chi connectivity index (χ2n) is 12.5. The number of thioether (sulfide) groups is 1. The number of amides is 3. The Kier molecular flexibility index (Phi) is 11.8. The first-order valence-electron chi connectivity index (χ1n) is 16.9. The molecule has 0 bridgehead atoms. The van der Waals surface area contributed by atoms with E-state index in [1.165, 1.54) is 28.7 Å². The number of nitrogens with zero attached hydrogens (tertiary/aromatic N) is 1. The molecule has 0 saturated carbocycles. The van der Waals surface area contributed by atoms with Crippen LogP contribution in [0.15, 0.2) is 149 Å². The van der Waals surface area contributed by atoms with Crippen molar-refractivity contribution in [3.8, 4) is 11.3 Å². The minimum atomic E-state index is -0.603. The number of benzene rings is 5. The van der Waals surface area contributed by atoms with E-state index in [4.69, 9.17) is 0 Å². The summed E-state index contributed by atoms with van der Waals surface area (Å²) in [4.78, 5) is 46.2. The van der Waals surface area contributed by atoms with Gasteiger partial charge in [0.05, 0.1) is 5.69 Å². The summed E-state index contributed by atoms with van der Waals surface area (Å²) >= 11 is 2.74. The molecule has 1 unspecified atom stereocenters. The molecule has 0 spiro atoms. The average molecular weight is 723 g/mol. The summed E-state index contributed by atoms with van der Waals surface area (Å²) < 4.78 is 0. The first kappa shape index (κ1) is 36.0. The van der Waals surface area contributed by atoms with Gasteiger partial charge in [0.15, 0.2) is 5.13 Å². The Balaban J connectivity index is 1.21. The molecule has 5 aromatic carbocycles. The first-order chi connectivity index (χ1) is 25.2. The summed E-state index contributed by atoms with van der Waals surface area (Å²) in [5.74, 6) is -0.730. The number of carbonyl (C=O) groups is 3. The molecule has 1 aromatic heterocycles. The largest absolute Gasteiger partial charge is 0.321 e. The van der Waals surface area contributed by atoms with Crippen molar-refractivity contribution in [3.05, 3.63) is 172 Å². The van der Waals surface area contributed by atoms with E-state index < -0.39 is 17.1 Å². The smallest absolute Gasteiger partial charge is 0.272 e. The number of rotatable bonds is 12. The van der Waals surface area contributed by atoms with Crippen molar-refractivity contribution in [2.45, 2.75) is 36.8 Å². The van der Waals surface area contributed by atoms with Gasteiger partial charge in [-0.1, -0.05) is 123 Å². The number of aromatic nitrogens is 1. The van der Waals surface area contributed by atoms with Gasteiger partial charge in [0.25, 0.3) is 11.8 Å². The molecule has 0 fully saturated rings. The second-order valence-corrected chi connectivity index (χ2v) is 14.5. The predicted octanol–water partition coefficient (Wildman–Crippen LogP) is 10.1. The highest BCUT2D eigenvalue weighted by Gasteiger charge is 2.24. The van der Waals surface area contributed by atoms with Crippen LogP contribution in [0.4, 0.5) is 10.8 Å². The maximum atomic E-state index is 13.8. The van der Waals surface area contributed by atoms with Gasteiger partial charge in [0, 0.05) is 27.1 Å². The van der Waals surface area contributed by atoms with Gasteiger partial charge >= 0.3 is 0 Å². The Morgan fingerprint density at radius 2 is 1.44 bits per heavy atom. The molecule has 1 heterocycles. The van der Waals surface area contributed by atoms with Crippen LogP contribution in [0.25, 0.3) is 17.3 Å². The van der Waals surface area contributed by atoms with Crippen molar-refractivity contribution in [2.24, 2.45) is 0 Å². The van der Waals surface area contributed by atoms with Crippen LogP contribution in [0.1, 0.15) is 57.6 Å². The maximum Gasteiger partial charge on any atom is 0.272 e. The Hall–Kier alpha value is -5.77. The van der Waals surface area contributed by atoms with Gasteiger partial charge in [-0.2, -0.15) is 0 Å². The summed E-state index contributed by atoms with van der Waals surface area (Å²) in [6.45, 7) is 6.28. The van der Waals surface area contributed by atoms with Gasteiger partial charge in [0.1, 0.15) is 10.9 Å². The van der Waals surface area contributed by atoms with Crippen molar-refractivity contribution in [3.63, 3.8) is 0 Å². The highest BCUT2D eigenvalue weighted by Crippen LogP contribution is 2.38. The number of carbonyl (C=O) groups excluding carboxylic acids is 3. The van der Waals surface area contributed by atoms with E-state index in [2.05, 4.69) is 34.8 Å². The van der Waals surface area contributed by atoms with Crippen molar-refractivity contribution >= 4 is 57.7 Å². The van der Waals surface area contributed by atoms with E-state index >= 15 is 0 Å². The lowest BCUT2D eigenvalue weighted by Gasteiger charge is -2.17. The van der Waals surface area contributed by atoms with Crippen molar-refractivity contribution in [2.75, 3.05) is 10.6 Å². The first-order valence-corrected chi connectivity index (χ1v) is 18.6. The summed E-state index contributed by atoms with van der Waals surface area (Å²) in [5, 5.41) is 10.6. The van der Waals surface area contributed by atoms with Gasteiger partial charge in [0.2, 0.25) is 5.91 Å². The SMILES string of the molecule is Cc1ccc(-c2csc(NC(=O)C(Sc3cccc(NC(=O)/C(=C\c4ccc(C(C)C)cc4)NC(=O)c4ccccc4)c3)c3ccccc3)n2)cc1. The van der Waals surface area contributed by atoms with Gasteiger partial charge in [-0.15, -0.1) is 23.1 Å². The zero-order valence-corrected chi connectivity index (χ0v) is 30.6. The normalized spacial score (nSPS) is 11.9. The molecule has 1 atom stereocenters. The summed E-state index contributed by atoms with van der Waals surface area (Å²) in [6.07, 6.45) is 1.66. The third kappa shape index (κ3) is 9.51. The fraction of sp³-hybridized carbons (Fsp3) is 0.116. The number of thiazole rings is 1. The molecule has 3 N–H and O–H groups in total. The molecule has 52 heavy (non-hydrogen) atoms. The molecule has 9 heteroatoms. The molecule has 0 aliphatic rings. The third-order valence-corrected chi connectivity index (χ3v) is 10.2. The quantitative estimate of drug-likeness (QED) is 0.0863. The van der Waals surface area contributed by atoms with Crippen molar-refractivity contribution < 1.29 is 14.4 Å². The Morgan fingerprint density at radius 1 is 0.750 bits per heavy atom. The molecular formula is C43H38N4O3S2. The zero-order valence-electron chi connectivity index (χ0n) is 29.0. The van der Waals surface area contributed by atoms with Crippen LogP contribution in [-0.4, -0.2) is 22.7 Å². The van der Waals surface area contributed by atoms with Gasteiger partial charge in [-0.25, -0.2) is 4.98 Å². The van der Waals surface area contributed by atoms with Crippen molar-refractivity contribution in [1.29, 1.82) is 0 Å².